The van der Waals surface area contributed by atoms with Gasteiger partial charge in [0.15, 0.2) is 5.78 Å². The first-order valence-electron chi connectivity index (χ1n) is 8.22. The van der Waals surface area contributed by atoms with Gasteiger partial charge in [-0.2, -0.15) is 13.2 Å². The van der Waals surface area contributed by atoms with Crippen LogP contribution in [0.3, 0.4) is 0 Å². The summed E-state index contributed by atoms with van der Waals surface area (Å²) >= 11 is 0. The van der Waals surface area contributed by atoms with E-state index in [4.69, 9.17) is 0 Å². The van der Waals surface area contributed by atoms with E-state index in [1.807, 2.05) is 6.07 Å². The quantitative estimate of drug-likeness (QED) is 0.881. The van der Waals surface area contributed by atoms with E-state index in [0.29, 0.717) is 5.56 Å². The Hall–Kier alpha value is -2.09. The first kappa shape index (κ1) is 19.2. The Morgan fingerprint density at radius 1 is 1.12 bits per heavy atom. The number of rotatable bonds is 5. The number of Topliss-reactive ketones (excluding diaryl/α,β-unsaturated/α-hetero) is 1. The highest BCUT2D eigenvalue weighted by atomic mass is 19.4. The van der Waals surface area contributed by atoms with Gasteiger partial charge in [-0.25, -0.2) is 4.79 Å². The molecule has 0 saturated carbocycles. The summed E-state index contributed by atoms with van der Waals surface area (Å²) in [6.45, 7) is 1.46. The van der Waals surface area contributed by atoms with Gasteiger partial charge in [-0.05, 0) is 5.56 Å². The van der Waals surface area contributed by atoms with Crippen molar-refractivity contribution >= 4 is 11.8 Å². The zero-order chi connectivity index (χ0) is 18.4. The summed E-state index contributed by atoms with van der Waals surface area (Å²) in [5, 5.41) is 2.71. The third-order valence-corrected chi connectivity index (χ3v) is 4.13. The lowest BCUT2D eigenvalue weighted by molar-refractivity contribution is -0.148. The molecule has 0 radical (unpaired) electrons. The number of nitrogens with zero attached hydrogens (tertiary/aromatic N) is 2. The van der Waals surface area contributed by atoms with Crippen LogP contribution < -0.4 is 5.32 Å². The van der Waals surface area contributed by atoms with Crippen molar-refractivity contribution in [3.8, 4) is 0 Å². The van der Waals surface area contributed by atoms with Crippen molar-refractivity contribution in [1.82, 2.24) is 15.1 Å². The Bertz CT molecular complexity index is 585. The van der Waals surface area contributed by atoms with Crippen LogP contribution in [0.2, 0.25) is 0 Å². The molecule has 1 saturated heterocycles. The number of halogens is 3. The number of benzene rings is 1. The molecule has 2 rings (SSSR count). The van der Waals surface area contributed by atoms with Crippen LogP contribution >= 0.6 is 0 Å². The molecular weight excluding hydrogens is 335 g/mol. The topological polar surface area (TPSA) is 52.7 Å². The second-order valence-electron chi connectivity index (χ2n) is 5.99. The first-order chi connectivity index (χ1) is 11.8. The molecule has 0 unspecified atom stereocenters. The van der Waals surface area contributed by atoms with Crippen LogP contribution in [0, 0.1) is 0 Å². The maximum Gasteiger partial charge on any atom is 0.401 e. The Kier molecular flexibility index (Phi) is 6.41. The smallest absolute Gasteiger partial charge is 0.324 e. The molecule has 1 aromatic carbocycles. The summed E-state index contributed by atoms with van der Waals surface area (Å²) in [6.07, 6.45) is -3.96. The van der Waals surface area contributed by atoms with Gasteiger partial charge in [-0.3, -0.25) is 9.69 Å². The molecule has 1 aromatic rings. The third kappa shape index (κ3) is 5.74. The van der Waals surface area contributed by atoms with Crippen molar-refractivity contribution < 1.29 is 22.8 Å². The molecule has 0 aromatic heterocycles. The van der Waals surface area contributed by atoms with Gasteiger partial charge < -0.3 is 10.2 Å². The van der Waals surface area contributed by atoms with Crippen molar-refractivity contribution in [3.63, 3.8) is 0 Å². The van der Waals surface area contributed by atoms with Crippen LogP contribution in [0.15, 0.2) is 30.3 Å². The maximum atomic E-state index is 12.4. The van der Waals surface area contributed by atoms with E-state index in [9.17, 15) is 22.8 Å². The lowest BCUT2D eigenvalue weighted by Crippen LogP contribution is -2.54. The molecule has 138 valence electrons. The van der Waals surface area contributed by atoms with Crippen molar-refractivity contribution in [3.05, 3.63) is 35.9 Å². The molecule has 1 atom stereocenters. The average Bonchev–Trinajstić information content (AvgIpc) is 2.59. The van der Waals surface area contributed by atoms with Gasteiger partial charge in [0.05, 0.1) is 6.54 Å². The van der Waals surface area contributed by atoms with Crippen LogP contribution in [-0.4, -0.2) is 60.5 Å². The van der Waals surface area contributed by atoms with Gasteiger partial charge in [0.25, 0.3) is 0 Å². The van der Waals surface area contributed by atoms with E-state index in [2.05, 4.69) is 5.32 Å². The first-order valence-corrected chi connectivity index (χ1v) is 8.22. The molecule has 1 N–H and O–H groups in total. The second kappa shape index (κ2) is 8.33. The predicted molar refractivity (Wildman–Crippen MR) is 87.1 cm³/mol. The van der Waals surface area contributed by atoms with Crippen molar-refractivity contribution in [2.24, 2.45) is 0 Å². The molecule has 0 spiro atoms. The average molecular weight is 357 g/mol. The molecule has 0 aliphatic carbocycles. The zero-order valence-corrected chi connectivity index (χ0v) is 14.1. The minimum absolute atomic E-state index is 0.116. The van der Waals surface area contributed by atoms with Crippen molar-refractivity contribution in [1.29, 1.82) is 0 Å². The number of hydrogen-bond donors (Lipinski definition) is 1. The molecule has 1 aliphatic heterocycles. The lowest BCUT2D eigenvalue weighted by Gasteiger charge is -2.35. The van der Waals surface area contributed by atoms with Crippen molar-refractivity contribution in [2.75, 3.05) is 32.7 Å². The van der Waals surface area contributed by atoms with E-state index < -0.39 is 24.8 Å². The zero-order valence-electron chi connectivity index (χ0n) is 14.1. The Labute approximate surface area is 144 Å². The van der Waals surface area contributed by atoms with E-state index in [1.165, 1.54) is 9.80 Å². The molecular formula is C17H22F3N3O2. The van der Waals surface area contributed by atoms with Gasteiger partial charge in [0, 0.05) is 32.6 Å². The molecule has 1 aliphatic rings. The largest absolute Gasteiger partial charge is 0.401 e. The molecule has 25 heavy (non-hydrogen) atoms. The third-order valence-electron chi connectivity index (χ3n) is 4.13. The summed E-state index contributed by atoms with van der Waals surface area (Å²) in [6, 6.07) is 7.74. The highest BCUT2D eigenvalue weighted by Crippen LogP contribution is 2.19. The molecule has 1 fully saturated rings. The summed E-state index contributed by atoms with van der Waals surface area (Å²) in [5.41, 5.74) is 0.693. The second-order valence-corrected chi connectivity index (χ2v) is 5.99. The summed E-state index contributed by atoms with van der Waals surface area (Å²) in [7, 11) is 0. The van der Waals surface area contributed by atoms with Crippen LogP contribution in [0.5, 0.6) is 0 Å². The van der Waals surface area contributed by atoms with Gasteiger partial charge in [-0.1, -0.05) is 37.3 Å². The fourth-order valence-electron chi connectivity index (χ4n) is 2.78. The number of piperazine rings is 1. The predicted octanol–water partition coefficient (Wildman–Crippen LogP) is 2.60. The monoisotopic (exact) mass is 357 g/mol. The van der Waals surface area contributed by atoms with E-state index in [-0.39, 0.29) is 38.4 Å². The van der Waals surface area contributed by atoms with Crippen LogP contribution in [-0.2, 0) is 4.79 Å². The van der Waals surface area contributed by atoms with Gasteiger partial charge in [-0.15, -0.1) is 0 Å². The van der Waals surface area contributed by atoms with Crippen LogP contribution in [0.4, 0.5) is 18.0 Å². The van der Waals surface area contributed by atoms with Crippen molar-refractivity contribution in [2.45, 2.75) is 25.6 Å². The number of urea groups is 1. The number of carbonyl (C=O) groups is 2. The fraction of sp³-hybridized carbons (Fsp3) is 0.529. The molecule has 5 nitrogen and oxygen atoms in total. The van der Waals surface area contributed by atoms with Gasteiger partial charge in [0.1, 0.15) is 6.04 Å². The number of alkyl halides is 3. The van der Waals surface area contributed by atoms with Crippen LogP contribution in [0.25, 0.3) is 0 Å². The standard InChI is InChI=1S/C17H22F3N3O2/c1-2-14(24)15(13-6-4-3-5-7-13)21-16(25)23-10-8-22(9-11-23)12-17(18,19)20/h3-7,15H,2,8-12H2,1H3,(H,21,25)/t15-/m1/s1. The number of nitrogens with one attached hydrogen (secondary N) is 1. The minimum atomic E-state index is -4.24. The molecule has 8 heteroatoms. The van der Waals surface area contributed by atoms with Gasteiger partial charge >= 0.3 is 12.2 Å². The summed E-state index contributed by atoms with van der Waals surface area (Å²) in [4.78, 5) is 27.3. The van der Waals surface area contributed by atoms with Crippen LogP contribution in [0.1, 0.15) is 24.9 Å². The van der Waals surface area contributed by atoms with E-state index >= 15 is 0 Å². The molecule has 2 amide bonds. The minimum Gasteiger partial charge on any atom is -0.324 e. The Morgan fingerprint density at radius 2 is 1.72 bits per heavy atom. The molecule has 0 bridgehead atoms. The van der Waals surface area contributed by atoms with Gasteiger partial charge in [0.2, 0.25) is 0 Å². The number of amides is 2. The summed E-state index contributed by atoms with van der Waals surface area (Å²) < 4.78 is 37.2. The number of ketones is 1. The number of hydrogen-bond acceptors (Lipinski definition) is 3. The highest BCUT2D eigenvalue weighted by molar-refractivity contribution is 5.89. The fourth-order valence-corrected chi connectivity index (χ4v) is 2.78. The molecule has 1 heterocycles. The SMILES string of the molecule is CCC(=O)[C@H](NC(=O)N1CCN(CC(F)(F)F)CC1)c1ccccc1. The van der Waals surface area contributed by atoms with E-state index in [0.717, 1.165) is 0 Å². The lowest BCUT2D eigenvalue weighted by atomic mass is 10.0. The Balaban J connectivity index is 1.95. The Morgan fingerprint density at radius 3 is 2.24 bits per heavy atom. The normalized spacial score (nSPS) is 17.2. The summed E-state index contributed by atoms with van der Waals surface area (Å²) in [5.74, 6) is -0.116. The van der Waals surface area contributed by atoms with E-state index in [1.54, 1.807) is 31.2 Å². The maximum absolute atomic E-state index is 12.4. The highest BCUT2D eigenvalue weighted by Gasteiger charge is 2.33. The number of carbonyl (C=O) groups excluding carboxylic acids is 2.